The number of carbonyl (C=O) groups excluding carboxylic acids is 2. The molecule has 3 fully saturated rings. The van der Waals surface area contributed by atoms with Crippen molar-refractivity contribution in [2.75, 3.05) is 34.9 Å². The number of rotatable bonds is 11. The van der Waals surface area contributed by atoms with Gasteiger partial charge in [0, 0.05) is 38.5 Å². The Kier molecular flexibility index (Phi) is 17.8. The third-order valence-electron chi connectivity index (χ3n) is 12.6. The zero-order valence-electron chi connectivity index (χ0n) is 36.7. The van der Waals surface area contributed by atoms with Crippen LogP contribution in [0.4, 0.5) is 0 Å². The molecule has 0 aromatic carbocycles. The summed E-state index contributed by atoms with van der Waals surface area (Å²) in [6.45, 7) is 17.5. The fraction of sp³-hybridized carbons (Fsp3) is 0.927. The molecule has 3 aliphatic heterocycles. The minimum Gasteiger partial charge on any atom is -0.459 e. The molecule has 3 heterocycles. The normalized spacial score (nSPS) is 45.7. The number of carbonyl (C=O) groups is 2. The number of nitrogens with one attached hydrogen (secondary N) is 1. The molecule has 3 saturated heterocycles. The molecule has 57 heavy (non-hydrogen) atoms. The molecule has 16 heteroatoms. The summed E-state index contributed by atoms with van der Waals surface area (Å²) in [5.41, 5.74) is -4.13. The third kappa shape index (κ3) is 11.4. The van der Waals surface area contributed by atoms with Gasteiger partial charge in [-0.25, -0.2) is 0 Å². The summed E-state index contributed by atoms with van der Waals surface area (Å²) in [5, 5.41) is 46.7. The highest BCUT2D eigenvalue weighted by Crippen LogP contribution is 2.41. The van der Waals surface area contributed by atoms with E-state index < -0.39 is 108 Å². The van der Waals surface area contributed by atoms with E-state index in [9.17, 15) is 24.9 Å². The van der Waals surface area contributed by atoms with E-state index in [1.807, 2.05) is 46.7 Å². The number of amides is 1. The number of hydrogen-bond acceptors (Lipinski definition) is 15. The summed E-state index contributed by atoms with van der Waals surface area (Å²) in [6.07, 6.45) is -8.01. The average Bonchev–Trinajstić information content (AvgIpc) is 3.15. The molecular formula is C41H73N3O13. The first-order valence-electron chi connectivity index (χ1n) is 20.5. The molecule has 0 aliphatic carbocycles. The second kappa shape index (κ2) is 20.5. The first-order valence-corrected chi connectivity index (χ1v) is 20.5. The van der Waals surface area contributed by atoms with Gasteiger partial charge in [-0.2, -0.15) is 5.26 Å². The first-order chi connectivity index (χ1) is 26.5. The molecule has 0 bridgehead atoms. The van der Waals surface area contributed by atoms with Crippen molar-refractivity contribution in [3.05, 3.63) is 0 Å². The van der Waals surface area contributed by atoms with Gasteiger partial charge in [-0.3, -0.25) is 9.59 Å². The summed E-state index contributed by atoms with van der Waals surface area (Å²) >= 11 is 0. The molecule has 1 unspecified atom stereocenters. The molecule has 0 radical (unpaired) electrons. The largest absolute Gasteiger partial charge is 0.459 e. The van der Waals surface area contributed by atoms with Crippen molar-refractivity contribution >= 4 is 11.9 Å². The molecule has 4 N–H and O–H groups in total. The fourth-order valence-corrected chi connectivity index (χ4v) is 8.95. The Balaban J connectivity index is 2.21. The fourth-order valence-electron chi connectivity index (χ4n) is 8.95. The highest BCUT2D eigenvalue weighted by molar-refractivity contribution is 5.78. The lowest BCUT2D eigenvalue weighted by Crippen LogP contribution is -2.61. The topological polar surface area (TPSA) is 208 Å². The number of aliphatic hydroxyl groups excluding tert-OH is 2. The lowest BCUT2D eigenvalue weighted by molar-refractivity contribution is -0.321. The summed E-state index contributed by atoms with van der Waals surface area (Å²) < 4.78 is 50.8. The maximum atomic E-state index is 14.4. The van der Waals surface area contributed by atoms with E-state index in [-0.39, 0.29) is 44.4 Å². The number of ether oxygens (including phenoxy) is 8. The van der Waals surface area contributed by atoms with E-state index in [2.05, 4.69) is 11.4 Å². The van der Waals surface area contributed by atoms with Crippen LogP contribution < -0.4 is 5.32 Å². The second-order valence-corrected chi connectivity index (χ2v) is 17.5. The smallest absolute Gasteiger partial charge is 0.311 e. The molecule has 3 aliphatic rings. The third-order valence-corrected chi connectivity index (χ3v) is 12.6. The molecule has 3 rings (SSSR count). The minimum atomic E-state index is -1.95. The van der Waals surface area contributed by atoms with Gasteiger partial charge in [0.15, 0.2) is 12.6 Å². The summed E-state index contributed by atoms with van der Waals surface area (Å²) in [7, 11) is 6.83. The number of nitrogens with zero attached hydrogens (tertiary/aromatic N) is 2. The Morgan fingerprint density at radius 2 is 1.56 bits per heavy atom. The van der Waals surface area contributed by atoms with Gasteiger partial charge in [-0.05, 0) is 81.8 Å². The number of methoxy groups -OCH3 is 2. The lowest BCUT2D eigenvalue weighted by atomic mass is 9.77. The number of hydrogen-bond donors (Lipinski definition) is 4. The highest BCUT2D eigenvalue weighted by Gasteiger charge is 2.53. The van der Waals surface area contributed by atoms with Crippen molar-refractivity contribution in [1.29, 1.82) is 5.26 Å². The summed E-state index contributed by atoms with van der Waals surface area (Å²) in [5.74, 6) is -3.60. The highest BCUT2D eigenvalue weighted by atomic mass is 16.7. The molecule has 0 aromatic rings. The molecular weight excluding hydrogens is 742 g/mol. The second-order valence-electron chi connectivity index (χ2n) is 17.5. The number of esters is 1. The number of cyclic esters (lactones) is 1. The van der Waals surface area contributed by atoms with Crippen molar-refractivity contribution < 1.29 is 62.8 Å². The van der Waals surface area contributed by atoms with Crippen LogP contribution >= 0.6 is 0 Å². The zero-order valence-corrected chi connectivity index (χ0v) is 36.7. The van der Waals surface area contributed by atoms with Crippen molar-refractivity contribution in [3.8, 4) is 6.07 Å². The monoisotopic (exact) mass is 816 g/mol. The molecule has 330 valence electrons. The van der Waals surface area contributed by atoms with Crippen LogP contribution in [0.2, 0.25) is 0 Å². The van der Waals surface area contributed by atoms with Gasteiger partial charge in [0.1, 0.15) is 30.0 Å². The molecule has 0 aromatic heterocycles. The van der Waals surface area contributed by atoms with Gasteiger partial charge in [0.05, 0.1) is 66.7 Å². The Bertz CT molecular complexity index is 1350. The average molecular weight is 816 g/mol. The van der Waals surface area contributed by atoms with E-state index in [4.69, 9.17) is 43.2 Å². The van der Waals surface area contributed by atoms with E-state index in [0.29, 0.717) is 6.42 Å². The van der Waals surface area contributed by atoms with E-state index in [1.54, 1.807) is 41.7 Å². The quantitative estimate of drug-likeness (QED) is 0.175. The van der Waals surface area contributed by atoms with Crippen LogP contribution in [0.15, 0.2) is 0 Å². The van der Waals surface area contributed by atoms with Crippen LogP contribution in [0.5, 0.6) is 0 Å². The minimum absolute atomic E-state index is 0.0998. The van der Waals surface area contributed by atoms with Gasteiger partial charge in [-0.15, -0.1) is 0 Å². The predicted octanol–water partition coefficient (Wildman–Crippen LogP) is 2.68. The molecule has 1 amide bonds. The number of likely N-dealkylation sites (N-methyl/N-ethyl adjacent to an activating group) is 1. The number of aliphatic hydroxyl groups is 3. The van der Waals surface area contributed by atoms with Gasteiger partial charge < -0.3 is 63.4 Å². The van der Waals surface area contributed by atoms with Crippen LogP contribution in [0.1, 0.15) is 101 Å². The SMILES string of the molecule is CC[C@H]1OC(=O)[C@H](C)[C@@H](O[C@H]2C[C@@](C)(OC)C(OCCC#N)[C@H](C)O2)[C@H](C)[C@@H](O[C@@H]2O[C@H](C)C[C@H](N(C)C)[C@H]2O)[C@](C)(OC)C[C@@H](C)C(=O)N[C@H](C)[C@@H](O)[C@]1(C)O. The van der Waals surface area contributed by atoms with Crippen LogP contribution in [0, 0.1) is 29.1 Å². The van der Waals surface area contributed by atoms with Gasteiger partial charge in [-0.1, -0.05) is 20.8 Å². The van der Waals surface area contributed by atoms with E-state index in [0.717, 1.165) is 0 Å². The van der Waals surface area contributed by atoms with Crippen molar-refractivity contribution in [1.82, 2.24) is 10.2 Å². The maximum absolute atomic E-state index is 14.4. The first kappa shape index (κ1) is 49.4. The Morgan fingerprint density at radius 1 is 0.947 bits per heavy atom. The summed E-state index contributed by atoms with van der Waals surface area (Å²) in [4.78, 5) is 30.1. The standard InChI is InChI=1S/C41H73N3O13/c1-15-29-41(10,49)33(46)26(6)43-36(47)22(2)20-39(8,50-13)34(57-38-31(45)28(44(11)12)19-23(3)53-38)24(4)32(25(5)37(48)55-29)56-30-21-40(9,51-14)35(27(7)54-30)52-18-16-17-42/h22-35,38,45-46,49H,15-16,18-21H2,1-14H3,(H,43,47)/t22-,23-,24+,25-,26-,27+,28+,29-,30+,31-,32+,33-,34-,35?,38+,39-,40-,41-/m1/s1. The molecule has 0 spiro atoms. The zero-order chi connectivity index (χ0) is 43.2. The van der Waals surface area contributed by atoms with Crippen molar-refractivity contribution in [2.24, 2.45) is 17.8 Å². The Labute approximate surface area is 340 Å². The Morgan fingerprint density at radius 3 is 2.12 bits per heavy atom. The van der Waals surface area contributed by atoms with E-state index >= 15 is 0 Å². The van der Waals surface area contributed by atoms with E-state index in [1.165, 1.54) is 14.0 Å². The van der Waals surface area contributed by atoms with Crippen LogP contribution in [0.3, 0.4) is 0 Å². The van der Waals surface area contributed by atoms with Crippen LogP contribution in [0.25, 0.3) is 0 Å². The van der Waals surface area contributed by atoms with Gasteiger partial charge in [0.2, 0.25) is 5.91 Å². The van der Waals surface area contributed by atoms with Crippen LogP contribution in [-0.4, -0.2) is 157 Å². The lowest BCUT2D eigenvalue weighted by Gasteiger charge is -2.50. The molecule has 18 atom stereocenters. The van der Waals surface area contributed by atoms with Crippen LogP contribution in [-0.2, 0) is 47.5 Å². The summed E-state index contributed by atoms with van der Waals surface area (Å²) in [6, 6.07) is 0.865. The maximum Gasteiger partial charge on any atom is 0.311 e. The van der Waals surface area contributed by atoms with Crippen molar-refractivity contribution in [2.45, 2.75) is 192 Å². The molecule has 0 saturated carbocycles. The van der Waals surface area contributed by atoms with Crippen molar-refractivity contribution in [3.63, 3.8) is 0 Å². The molecule has 16 nitrogen and oxygen atoms in total. The predicted molar refractivity (Wildman–Crippen MR) is 208 cm³/mol. The van der Waals surface area contributed by atoms with Gasteiger partial charge in [0.25, 0.3) is 0 Å². The Hall–Kier alpha value is -2.01. The number of nitriles is 1. The van der Waals surface area contributed by atoms with Gasteiger partial charge >= 0.3 is 5.97 Å².